The summed E-state index contributed by atoms with van der Waals surface area (Å²) in [5, 5.41) is 0. The normalized spacial score (nSPS) is 28.6. The molecule has 1 unspecified atom stereocenters. The van der Waals surface area contributed by atoms with E-state index in [1.54, 1.807) is 0 Å². The summed E-state index contributed by atoms with van der Waals surface area (Å²) in [7, 11) is 0. The van der Waals surface area contributed by atoms with Gasteiger partial charge in [-0.2, -0.15) is 0 Å². The quantitative estimate of drug-likeness (QED) is 0.773. The Morgan fingerprint density at radius 2 is 2.06 bits per heavy atom. The van der Waals surface area contributed by atoms with Crippen LogP contribution in [0.1, 0.15) is 52.4 Å². The van der Waals surface area contributed by atoms with Gasteiger partial charge in [-0.05, 0) is 59.0 Å². The maximum absolute atomic E-state index is 6.11. The lowest BCUT2D eigenvalue weighted by atomic mass is 9.91. The SMILES string of the molecule is CC1(C)CCC(CN(CCCN)C2CCC2)O1. The number of nitrogens with two attached hydrogens (primary N) is 1. The van der Waals surface area contributed by atoms with E-state index in [2.05, 4.69) is 18.7 Å². The molecule has 0 radical (unpaired) electrons. The lowest BCUT2D eigenvalue weighted by Crippen LogP contribution is -2.45. The molecule has 17 heavy (non-hydrogen) atoms. The molecule has 3 heteroatoms. The standard InChI is InChI=1S/C14H28N2O/c1-14(2)8-7-13(17-14)11-16(10-4-9-15)12-5-3-6-12/h12-13H,3-11,15H2,1-2H3. The monoisotopic (exact) mass is 240 g/mol. The molecule has 2 fully saturated rings. The van der Waals surface area contributed by atoms with Gasteiger partial charge in [-0.15, -0.1) is 0 Å². The van der Waals surface area contributed by atoms with Gasteiger partial charge in [0.2, 0.25) is 0 Å². The van der Waals surface area contributed by atoms with Crippen LogP contribution in [0.5, 0.6) is 0 Å². The molecule has 1 heterocycles. The number of ether oxygens (including phenoxy) is 1. The summed E-state index contributed by atoms with van der Waals surface area (Å²) >= 11 is 0. The van der Waals surface area contributed by atoms with Gasteiger partial charge >= 0.3 is 0 Å². The lowest BCUT2D eigenvalue weighted by Gasteiger charge is -2.39. The summed E-state index contributed by atoms with van der Waals surface area (Å²) in [5.41, 5.74) is 5.73. The second kappa shape index (κ2) is 5.68. The Bertz CT molecular complexity index is 238. The van der Waals surface area contributed by atoms with Crippen LogP contribution in [-0.4, -0.2) is 42.3 Å². The fourth-order valence-electron chi connectivity index (χ4n) is 2.94. The Hall–Kier alpha value is -0.120. The van der Waals surface area contributed by atoms with Crippen LogP contribution in [0.25, 0.3) is 0 Å². The zero-order valence-electron chi connectivity index (χ0n) is 11.5. The van der Waals surface area contributed by atoms with Crippen LogP contribution in [0.4, 0.5) is 0 Å². The second-order valence-electron chi connectivity index (χ2n) is 6.26. The highest BCUT2D eigenvalue weighted by Crippen LogP contribution is 2.32. The average molecular weight is 240 g/mol. The van der Waals surface area contributed by atoms with Crippen LogP contribution < -0.4 is 5.73 Å². The number of nitrogens with zero attached hydrogens (tertiary/aromatic N) is 1. The van der Waals surface area contributed by atoms with E-state index in [9.17, 15) is 0 Å². The molecule has 0 amide bonds. The van der Waals surface area contributed by atoms with Gasteiger partial charge in [0.05, 0.1) is 11.7 Å². The smallest absolute Gasteiger partial charge is 0.0710 e. The third-order valence-corrected chi connectivity index (χ3v) is 4.23. The first-order valence-corrected chi connectivity index (χ1v) is 7.23. The van der Waals surface area contributed by atoms with Crippen molar-refractivity contribution in [2.24, 2.45) is 5.73 Å². The second-order valence-corrected chi connectivity index (χ2v) is 6.26. The molecular weight excluding hydrogens is 212 g/mol. The molecule has 0 bridgehead atoms. The minimum absolute atomic E-state index is 0.101. The number of hydrogen-bond acceptors (Lipinski definition) is 3. The first kappa shape index (κ1) is 13.3. The van der Waals surface area contributed by atoms with Crippen molar-refractivity contribution >= 4 is 0 Å². The summed E-state index contributed by atoms with van der Waals surface area (Å²) in [6, 6.07) is 0.814. The van der Waals surface area contributed by atoms with Gasteiger partial charge in [-0.3, -0.25) is 4.90 Å². The molecule has 3 nitrogen and oxygen atoms in total. The highest BCUT2D eigenvalue weighted by atomic mass is 16.5. The molecule has 0 aromatic carbocycles. The predicted molar refractivity (Wildman–Crippen MR) is 71.1 cm³/mol. The van der Waals surface area contributed by atoms with E-state index in [4.69, 9.17) is 10.5 Å². The van der Waals surface area contributed by atoms with Crippen LogP contribution in [0, 0.1) is 0 Å². The van der Waals surface area contributed by atoms with E-state index >= 15 is 0 Å². The molecule has 0 aromatic heterocycles. The van der Waals surface area contributed by atoms with Gasteiger partial charge in [-0.25, -0.2) is 0 Å². The van der Waals surface area contributed by atoms with Crippen LogP contribution in [0.2, 0.25) is 0 Å². The van der Waals surface area contributed by atoms with Crippen molar-refractivity contribution in [2.75, 3.05) is 19.6 Å². The van der Waals surface area contributed by atoms with E-state index in [0.717, 1.165) is 32.1 Å². The molecule has 1 atom stereocenters. The van der Waals surface area contributed by atoms with E-state index in [1.165, 1.54) is 32.1 Å². The molecule has 2 aliphatic rings. The molecular formula is C14H28N2O. The molecule has 1 saturated heterocycles. The van der Waals surface area contributed by atoms with Gasteiger partial charge in [0.25, 0.3) is 0 Å². The summed E-state index contributed by atoms with van der Waals surface area (Å²) in [6.07, 6.45) is 8.14. The highest BCUT2D eigenvalue weighted by molar-refractivity contribution is 4.86. The van der Waals surface area contributed by atoms with Gasteiger partial charge in [0.1, 0.15) is 0 Å². The van der Waals surface area contributed by atoms with Crippen molar-refractivity contribution in [3.8, 4) is 0 Å². The van der Waals surface area contributed by atoms with E-state index in [1.807, 2.05) is 0 Å². The highest BCUT2D eigenvalue weighted by Gasteiger charge is 2.34. The van der Waals surface area contributed by atoms with Crippen molar-refractivity contribution < 1.29 is 4.74 Å². The Labute approximate surface area is 106 Å². The largest absolute Gasteiger partial charge is 0.371 e. The summed E-state index contributed by atoms with van der Waals surface area (Å²) < 4.78 is 6.11. The van der Waals surface area contributed by atoms with E-state index in [-0.39, 0.29) is 5.60 Å². The molecule has 2 N–H and O–H groups in total. The minimum atomic E-state index is 0.101. The third kappa shape index (κ3) is 3.67. The Morgan fingerprint density at radius 1 is 1.29 bits per heavy atom. The van der Waals surface area contributed by atoms with Crippen LogP contribution >= 0.6 is 0 Å². The van der Waals surface area contributed by atoms with Gasteiger partial charge in [0, 0.05) is 12.6 Å². The van der Waals surface area contributed by atoms with Crippen molar-refractivity contribution in [3.63, 3.8) is 0 Å². The number of hydrogen-bond donors (Lipinski definition) is 1. The van der Waals surface area contributed by atoms with E-state index < -0.39 is 0 Å². The topological polar surface area (TPSA) is 38.5 Å². The molecule has 1 aliphatic carbocycles. The molecule has 2 rings (SSSR count). The molecule has 1 aliphatic heterocycles. The number of rotatable bonds is 6. The zero-order chi connectivity index (χ0) is 12.3. The Morgan fingerprint density at radius 3 is 2.53 bits per heavy atom. The molecule has 1 saturated carbocycles. The molecule has 100 valence electrons. The first-order valence-electron chi connectivity index (χ1n) is 7.23. The average Bonchev–Trinajstić information content (AvgIpc) is 2.52. The first-order chi connectivity index (χ1) is 8.11. The third-order valence-electron chi connectivity index (χ3n) is 4.23. The minimum Gasteiger partial charge on any atom is -0.371 e. The van der Waals surface area contributed by atoms with Crippen molar-refractivity contribution in [1.29, 1.82) is 0 Å². The fraction of sp³-hybridized carbons (Fsp3) is 1.00. The fourth-order valence-corrected chi connectivity index (χ4v) is 2.94. The van der Waals surface area contributed by atoms with Crippen molar-refractivity contribution in [2.45, 2.75) is 70.1 Å². The summed E-state index contributed by atoms with van der Waals surface area (Å²) in [5.74, 6) is 0. The lowest BCUT2D eigenvalue weighted by molar-refractivity contribution is -0.0388. The van der Waals surface area contributed by atoms with Gasteiger partial charge in [0.15, 0.2) is 0 Å². The van der Waals surface area contributed by atoms with Crippen LogP contribution in [0.15, 0.2) is 0 Å². The van der Waals surface area contributed by atoms with Crippen LogP contribution in [-0.2, 0) is 4.74 Å². The van der Waals surface area contributed by atoms with Crippen LogP contribution in [0.3, 0.4) is 0 Å². The van der Waals surface area contributed by atoms with Gasteiger partial charge < -0.3 is 10.5 Å². The molecule has 0 aromatic rings. The van der Waals surface area contributed by atoms with Crippen molar-refractivity contribution in [3.05, 3.63) is 0 Å². The van der Waals surface area contributed by atoms with Crippen molar-refractivity contribution in [1.82, 2.24) is 4.90 Å². The van der Waals surface area contributed by atoms with E-state index in [0.29, 0.717) is 6.10 Å². The summed E-state index contributed by atoms with van der Waals surface area (Å²) in [4.78, 5) is 2.63. The molecule has 0 spiro atoms. The van der Waals surface area contributed by atoms with Gasteiger partial charge in [-0.1, -0.05) is 6.42 Å². The summed E-state index contributed by atoms with van der Waals surface area (Å²) in [6.45, 7) is 7.50. The maximum atomic E-state index is 6.11. The zero-order valence-corrected chi connectivity index (χ0v) is 11.5. The maximum Gasteiger partial charge on any atom is 0.0710 e. The Balaban J connectivity index is 1.80. The predicted octanol–water partition coefficient (Wildman–Crippen LogP) is 2.15. The Kier molecular flexibility index (Phi) is 4.45.